The van der Waals surface area contributed by atoms with Gasteiger partial charge in [-0.1, -0.05) is 206 Å². The highest BCUT2D eigenvalue weighted by molar-refractivity contribution is 6.21. The topological polar surface area (TPSA) is 12.0 Å². The molecule has 0 aliphatic heterocycles. The van der Waals surface area contributed by atoms with Gasteiger partial charge in [-0.2, -0.15) is 0 Å². The second-order valence-electron chi connectivity index (χ2n) is 15.3. The molecule has 0 aromatic heterocycles. The van der Waals surface area contributed by atoms with E-state index in [1.807, 2.05) is 0 Å². The van der Waals surface area contributed by atoms with Crippen molar-refractivity contribution in [2.75, 3.05) is 5.32 Å². The van der Waals surface area contributed by atoms with Gasteiger partial charge in [0.05, 0.1) is 6.04 Å². The third kappa shape index (κ3) is 5.88. The lowest BCUT2D eigenvalue weighted by Crippen LogP contribution is -2.38. The first-order valence-electron chi connectivity index (χ1n) is 19.9. The van der Waals surface area contributed by atoms with Crippen molar-refractivity contribution in [2.45, 2.75) is 12.0 Å². The predicted octanol–water partition coefficient (Wildman–Crippen LogP) is 13.1. The van der Waals surface area contributed by atoms with Crippen molar-refractivity contribution in [3.63, 3.8) is 0 Å². The van der Waals surface area contributed by atoms with Crippen LogP contribution in [0.2, 0.25) is 0 Å². The first-order valence-corrected chi connectivity index (χ1v) is 19.9. The maximum Gasteiger partial charge on any atom is 0.0557 e. The highest BCUT2D eigenvalue weighted by Crippen LogP contribution is 2.40. The van der Waals surface area contributed by atoms with Crippen molar-refractivity contribution in [1.82, 2.24) is 0 Å². The van der Waals surface area contributed by atoms with Crippen LogP contribution in [-0.2, 0) is 0 Å². The minimum absolute atomic E-state index is 0.0314. The van der Waals surface area contributed by atoms with E-state index in [0.29, 0.717) is 0 Å². The largest absolute Gasteiger partial charge is 0.377 e. The Bertz CT molecular complexity index is 3270. The molecule has 0 fully saturated rings. The zero-order valence-electron chi connectivity index (χ0n) is 31.4. The molecule has 268 valence electrons. The smallest absolute Gasteiger partial charge is 0.0557 e. The van der Waals surface area contributed by atoms with Gasteiger partial charge in [-0.05, 0) is 99.0 Å². The Morgan fingerprint density at radius 1 is 0.333 bits per heavy atom. The molecule has 57 heavy (non-hydrogen) atoms. The Hall–Kier alpha value is -7.22. The van der Waals surface area contributed by atoms with Crippen LogP contribution in [0.25, 0.3) is 88.6 Å². The van der Waals surface area contributed by atoms with E-state index in [2.05, 4.69) is 224 Å². The molecule has 1 heteroatoms. The van der Waals surface area contributed by atoms with E-state index in [9.17, 15) is 0 Å². The number of hydrogen-bond acceptors (Lipinski definition) is 1. The van der Waals surface area contributed by atoms with Gasteiger partial charge in [0.25, 0.3) is 0 Å². The molecule has 0 bridgehead atoms. The maximum atomic E-state index is 4.07. The highest BCUT2D eigenvalue weighted by Gasteiger charge is 2.24. The van der Waals surface area contributed by atoms with Crippen molar-refractivity contribution in [2.24, 2.45) is 0 Å². The van der Waals surface area contributed by atoms with Crippen LogP contribution in [0.1, 0.15) is 11.5 Å². The van der Waals surface area contributed by atoms with Crippen LogP contribution in [0.5, 0.6) is 0 Å². The van der Waals surface area contributed by atoms with Crippen molar-refractivity contribution >= 4 is 60.9 Å². The van der Waals surface area contributed by atoms with Crippen LogP contribution in [0.3, 0.4) is 0 Å². The van der Waals surface area contributed by atoms with Gasteiger partial charge < -0.3 is 5.32 Å². The third-order valence-corrected chi connectivity index (χ3v) is 12.0. The van der Waals surface area contributed by atoms with Crippen LogP contribution in [0.4, 0.5) is 5.69 Å². The van der Waals surface area contributed by atoms with Crippen molar-refractivity contribution in [3.05, 3.63) is 222 Å². The molecule has 2 unspecified atom stereocenters. The summed E-state index contributed by atoms with van der Waals surface area (Å²) < 4.78 is 0. The summed E-state index contributed by atoms with van der Waals surface area (Å²) >= 11 is 0. The van der Waals surface area contributed by atoms with Gasteiger partial charge >= 0.3 is 0 Å². The van der Waals surface area contributed by atoms with Crippen LogP contribution in [0.15, 0.2) is 206 Å². The van der Waals surface area contributed by atoms with Crippen LogP contribution in [0, 0.1) is 0 Å². The summed E-state index contributed by atoms with van der Waals surface area (Å²) in [5.74, 6) is 0.111. The van der Waals surface area contributed by atoms with E-state index < -0.39 is 0 Å². The zero-order valence-corrected chi connectivity index (χ0v) is 31.4. The van der Waals surface area contributed by atoms with E-state index in [1.54, 1.807) is 0 Å². The molecule has 10 aromatic rings. The number of anilines is 1. The monoisotopic (exact) mass is 725 g/mol. The lowest BCUT2D eigenvalue weighted by molar-refractivity contribution is 0.817. The summed E-state index contributed by atoms with van der Waals surface area (Å²) in [5, 5.41) is 16.9. The van der Waals surface area contributed by atoms with Gasteiger partial charge in [-0.15, -0.1) is 0 Å². The Labute approximate surface area is 332 Å². The summed E-state index contributed by atoms with van der Waals surface area (Å²) in [7, 11) is 0. The molecular formula is C56H39N. The Balaban J connectivity index is 0.998. The summed E-state index contributed by atoms with van der Waals surface area (Å²) in [6.45, 7) is 0. The molecule has 1 aliphatic rings. The summed E-state index contributed by atoms with van der Waals surface area (Å²) in [6, 6.07) is 75.5. The zero-order chi connectivity index (χ0) is 37.7. The van der Waals surface area contributed by atoms with Crippen LogP contribution >= 0.6 is 0 Å². The molecule has 11 rings (SSSR count). The molecule has 0 spiro atoms. The second kappa shape index (κ2) is 13.8. The Morgan fingerprint density at radius 3 is 1.77 bits per heavy atom. The molecule has 1 aliphatic carbocycles. The molecule has 0 radical (unpaired) electrons. The summed E-state index contributed by atoms with van der Waals surface area (Å²) in [6.07, 6.45) is 4.93. The Morgan fingerprint density at radius 2 is 0.947 bits per heavy atom. The minimum Gasteiger partial charge on any atom is -0.377 e. The van der Waals surface area contributed by atoms with Gasteiger partial charge in [-0.3, -0.25) is 0 Å². The second-order valence-corrected chi connectivity index (χ2v) is 15.3. The molecule has 1 nitrogen and oxygen atoms in total. The molecule has 1 N–H and O–H groups in total. The minimum atomic E-state index is 0.0314. The van der Waals surface area contributed by atoms with Crippen LogP contribution in [-0.4, -0.2) is 6.04 Å². The van der Waals surface area contributed by atoms with E-state index >= 15 is 0 Å². The fourth-order valence-electron chi connectivity index (χ4n) is 9.18. The fourth-order valence-corrected chi connectivity index (χ4v) is 9.18. The van der Waals surface area contributed by atoms with E-state index in [1.165, 1.54) is 92.5 Å². The third-order valence-electron chi connectivity index (χ3n) is 12.0. The molecule has 2 atom stereocenters. The SMILES string of the molecule is C1=c2ccc3ccccc3c2=CC(c2cccc(-c3ccccc3)c2)C1Nc1ccccc1-c1ccc(-c2cc3c4ccccc4ccc3c3ccccc23)cc1. The van der Waals surface area contributed by atoms with Gasteiger partial charge in [0.2, 0.25) is 0 Å². The molecule has 10 aromatic carbocycles. The van der Waals surface area contributed by atoms with Gasteiger partial charge in [0.15, 0.2) is 0 Å². The molecule has 0 saturated carbocycles. The first-order chi connectivity index (χ1) is 28.2. The van der Waals surface area contributed by atoms with Gasteiger partial charge in [0, 0.05) is 17.2 Å². The molecule has 0 heterocycles. The van der Waals surface area contributed by atoms with Crippen molar-refractivity contribution in [1.29, 1.82) is 0 Å². The first kappa shape index (κ1) is 33.1. The Kier molecular flexibility index (Phi) is 8.03. The predicted molar refractivity (Wildman–Crippen MR) is 244 cm³/mol. The van der Waals surface area contributed by atoms with Crippen molar-refractivity contribution in [3.8, 4) is 33.4 Å². The number of benzene rings is 10. The number of para-hydroxylation sites is 1. The average molecular weight is 726 g/mol. The quantitative estimate of drug-likeness (QED) is 0.168. The van der Waals surface area contributed by atoms with E-state index in [-0.39, 0.29) is 12.0 Å². The molecule has 0 amide bonds. The van der Waals surface area contributed by atoms with Crippen LogP contribution < -0.4 is 15.8 Å². The molecule has 0 saturated heterocycles. The lowest BCUT2D eigenvalue weighted by Gasteiger charge is -2.29. The fraction of sp³-hybridized carbons (Fsp3) is 0.0357. The van der Waals surface area contributed by atoms with E-state index in [4.69, 9.17) is 0 Å². The normalized spacial score (nSPS) is 14.9. The summed E-state index contributed by atoms with van der Waals surface area (Å²) in [5.41, 5.74) is 9.72. The lowest BCUT2D eigenvalue weighted by atomic mass is 9.84. The van der Waals surface area contributed by atoms with Gasteiger partial charge in [-0.25, -0.2) is 0 Å². The highest BCUT2D eigenvalue weighted by atomic mass is 14.9. The number of rotatable bonds is 6. The maximum absolute atomic E-state index is 4.07. The van der Waals surface area contributed by atoms with E-state index in [0.717, 1.165) is 5.69 Å². The number of nitrogens with one attached hydrogen (secondary N) is 1. The summed E-state index contributed by atoms with van der Waals surface area (Å²) in [4.78, 5) is 0. The number of hydrogen-bond donors (Lipinski definition) is 1. The number of fused-ring (bicyclic) bond motifs is 8. The van der Waals surface area contributed by atoms with Gasteiger partial charge in [0.1, 0.15) is 0 Å². The standard InChI is InChI=1S/C56H39N/c1-2-13-37(14-3-1)42-17-12-18-43(33-42)53-35-52-44(30-29-38-15-4-6-19-45(38)52)34-56(53)57-55-24-11-10-21-47(55)40-25-27-41(28-26-40)51-36-54-46-20-7-5-16-39(46)31-32-50(54)48-22-8-9-23-49(48)51/h1-36,53,56-57H. The molecular weight excluding hydrogens is 687 g/mol. The van der Waals surface area contributed by atoms with Crippen molar-refractivity contribution < 1.29 is 0 Å². The average Bonchev–Trinajstić information content (AvgIpc) is 3.29.